The standard InChI is InChI=1S/C17H21N3O2/c18-13-17(5-6-17)15-3-1-14(2-4-15)16(22)20-9-7-19(8-10-20)11-12-21/h1-4,21H,5-12H2. The quantitative estimate of drug-likeness (QED) is 0.900. The van der Waals surface area contributed by atoms with Crippen molar-refractivity contribution in [2.45, 2.75) is 18.3 Å². The van der Waals surface area contributed by atoms with Crippen molar-refractivity contribution in [3.8, 4) is 6.07 Å². The number of rotatable bonds is 4. The first-order valence-corrected chi connectivity index (χ1v) is 7.83. The fraction of sp³-hybridized carbons (Fsp3) is 0.529. The highest BCUT2D eigenvalue weighted by atomic mass is 16.3. The maximum absolute atomic E-state index is 12.5. The van der Waals surface area contributed by atoms with Gasteiger partial charge in [-0.3, -0.25) is 9.69 Å². The number of nitriles is 1. The van der Waals surface area contributed by atoms with Crippen LogP contribution in [0, 0.1) is 11.3 Å². The molecule has 1 heterocycles. The first-order chi connectivity index (χ1) is 10.7. The summed E-state index contributed by atoms with van der Waals surface area (Å²) in [4.78, 5) is 16.5. The molecule has 0 bridgehead atoms. The van der Waals surface area contributed by atoms with Crippen molar-refractivity contribution < 1.29 is 9.90 Å². The second-order valence-corrected chi connectivity index (χ2v) is 6.13. The first kappa shape index (κ1) is 15.0. The normalized spacial score (nSPS) is 20.5. The van der Waals surface area contributed by atoms with Crippen molar-refractivity contribution >= 4 is 5.91 Å². The summed E-state index contributed by atoms with van der Waals surface area (Å²) in [6.45, 7) is 3.85. The topological polar surface area (TPSA) is 67.6 Å². The summed E-state index contributed by atoms with van der Waals surface area (Å²) < 4.78 is 0. The van der Waals surface area contributed by atoms with E-state index in [0.29, 0.717) is 25.2 Å². The van der Waals surface area contributed by atoms with Crippen LogP contribution in [0.1, 0.15) is 28.8 Å². The van der Waals surface area contributed by atoms with Crippen molar-refractivity contribution in [3.05, 3.63) is 35.4 Å². The lowest BCUT2D eigenvalue weighted by molar-refractivity contribution is 0.0615. The van der Waals surface area contributed by atoms with E-state index in [1.807, 2.05) is 29.2 Å². The fourth-order valence-electron chi connectivity index (χ4n) is 3.02. The van der Waals surface area contributed by atoms with Crippen molar-refractivity contribution in [2.24, 2.45) is 0 Å². The second-order valence-electron chi connectivity index (χ2n) is 6.13. The summed E-state index contributed by atoms with van der Waals surface area (Å²) in [7, 11) is 0. The molecule has 22 heavy (non-hydrogen) atoms. The monoisotopic (exact) mass is 299 g/mol. The van der Waals surface area contributed by atoms with E-state index < -0.39 is 0 Å². The number of benzene rings is 1. The van der Waals surface area contributed by atoms with Crippen LogP contribution in [0.3, 0.4) is 0 Å². The number of hydrogen-bond acceptors (Lipinski definition) is 4. The van der Waals surface area contributed by atoms with Crippen LogP contribution in [0.15, 0.2) is 24.3 Å². The minimum atomic E-state index is -0.294. The van der Waals surface area contributed by atoms with E-state index in [1.54, 1.807) is 0 Å². The first-order valence-electron chi connectivity index (χ1n) is 7.83. The fourth-order valence-corrected chi connectivity index (χ4v) is 3.02. The molecule has 0 aromatic heterocycles. The van der Waals surface area contributed by atoms with Crippen LogP contribution in [-0.4, -0.2) is 60.1 Å². The molecular weight excluding hydrogens is 278 g/mol. The molecule has 1 saturated heterocycles. The van der Waals surface area contributed by atoms with Gasteiger partial charge >= 0.3 is 0 Å². The predicted molar refractivity (Wildman–Crippen MR) is 82.4 cm³/mol. The Hall–Kier alpha value is -1.90. The number of carbonyl (C=O) groups excluding carboxylic acids is 1. The molecule has 1 aliphatic carbocycles. The van der Waals surface area contributed by atoms with E-state index in [0.717, 1.165) is 31.5 Å². The molecule has 0 atom stereocenters. The van der Waals surface area contributed by atoms with Gasteiger partial charge in [-0.2, -0.15) is 5.26 Å². The summed E-state index contributed by atoms with van der Waals surface area (Å²) >= 11 is 0. The van der Waals surface area contributed by atoms with Gasteiger partial charge in [0, 0.05) is 38.3 Å². The molecule has 0 spiro atoms. The van der Waals surface area contributed by atoms with Gasteiger partial charge in [0.15, 0.2) is 0 Å². The zero-order valence-electron chi connectivity index (χ0n) is 12.7. The van der Waals surface area contributed by atoms with Crippen LogP contribution in [-0.2, 0) is 5.41 Å². The van der Waals surface area contributed by atoms with Crippen LogP contribution < -0.4 is 0 Å². The Morgan fingerprint density at radius 1 is 1.18 bits per heavy atom. The minimum Gasteiger partial charge on any atom is -0.395 e. The third-order valence-electron chi connectivity index (χ3n) is 4.72. The largest absolute Gasteiger partial charge is 0.395 e. The zero-order valence-corrected chi connectivity index (χ0v) is 12.7. The molecule has 0 radical (unpaired) electrons. The molecular formula is C17H21N3O2. The Morgan fingerprint density at radius 2 is 1.82 bits per heavy atom. The van der Waals surface area contributed by atoms with E-state index in [4.69, 9.17) is 5.11 Å². The Kier molecular flexibility index (Phi) is 4.14. The van der Waals surface area contributed by atoms with Gasteiger partial charge < -0.3 is 10.0 Å². The number of β-amino-alcohol motifs (C(OH)–C–C–N with tert-alkyl or cyclic N) is 1. The lowest BCUT2D eigenvalue weighted by Gasteiger charge is -2.34. The average molecular weight is 299 g/mol. The van der Waals surface area contributed by atoms with E-state index >= 15 is 0 Å². The summed E-state index contributed by atoms with van der Waals surface area (Å²) in [6, 6.07) is 9.91. The zero-order chi connectivity index (χ0) is 15.6. The molecule has 3 rings (SSSR count). The minimum absolute atomic E-state index is 0.0528. The smallest absolute Gasteiger partial charge is 0.253 e. The molecule has 116 valence electrons. The Balaban J connectivity index is 1.63. The van der Waals surface area contributed by atoms with Gasteiger partial charge in [-0.15, -0.1) is 0 Å². The second kappa shape index (κ2) is 6.07. The van der Waals surface area contributed by atoms with Gasteiger partial charge in [0.2, 0.25) is 0 Å². The number of nitrogens with zero attached hydrogens (tertiary/aromatic N) is 3. The lowest BCUT2D eigenvalue weighted by atomic mass is 9.96. The molecule has 1 aliphatic heterocycles. The molecule has 5 heteroatoms. The van der Waals surface area contributed by atoms with Crippen LogP contribution in [0.25, 0.3) is 0 Å². The molecule has 0 unspecified atom stereocenters. The number of piperazine rings is 1. The van der Waals surface area contributed by atoms with Crippen LogP contribution >= 0.6 is 0 Å². The highest BCUT2D eigenvalue weighted by molar-refractivity contribution is 5.94. The average Bonchev–Trinajstić information content (AvgIpc) is 3.37. The highest BCUT2D eigenvalue weighted by Gasteiger charge is 2.44. The molecule has 1 N–H and O–H groups in total. The Bertz CT molecular complexity index is 579. The van der Waals surface area contributed by atoms with E-state index in [9.17, 15) is 10.1 Å². The summed E-state index contributed by atoms with van der Waals surface area (Å²) in [6.07, 6.45) is 1.84. The van der Waals surface area contributed by atoms with Gasteiger partial charge in [-0.25, -0.2) is 0 Å². The summed E-state index contributed by atoms with van der Waals surface area (Å²) in [5, 5.41) is 18.2. The highest BCUT2D eigenvalue weighted by Crippen LogP contribution is 2.47. The van der Waals surface area contributed by atoms with Crippen molar-refractivity contribution in [3.63, 3.8) is 0 Å². The number of aliphatic hydroxyl groups excluding tert-OH is 1. The number of aliphatic hydroxyl groups is 1. The Morgan fingerprint density at radius 3 is 2.32 bits per heavy atom. The van der Waals surface area contributed by atoms with Crippen molar-refractivity contribution in [1.82, 2.24) is 9.80 Å². The molecule has 1 saturated carbocycles. The van der Waals surface area contributed by atoms with Gasteiger partial charge in [-0.1, -0.05) is 12.1 Å². The van der Waals surface area contributed by atoms with Gasteiger partial charge in [-0.05, 0) is 30.5 Å². The van der Waals surface area contributed by atoms with E-state index in [-0.39, 0.29) is 17.9 Å². The molecule has 1 amide bonds. The van der Waals surface area contributed by atoms with Crippen LogP contribution in [0.2, 0.25) is 0 Å². The van der Waals surface area contributed by atoms with Crippen LogP contribution in [0.5, 0.6) is 0 Å². The molecule has 5 nitrogen and oxygen atoms in total. The van der Waals surface area contributed by atoms with E-state index in [1.165, 1.54) is 0 Å². The third kappa shape index (κ3) is 2.85. The molecule has 2 fully saturated rings. The number of hydrogen-bond donors (Lipinski definition) is 1. The number of carbonyl (C=O) groups is 1. The predicted octanol–water partition coefficient (Wildman–Crippen LogP) is 0.992. The molecule has 1 aromatic carbocycles. The molecule has 2 aliphatic rings. The Labute approximate surface area is 130 Å². The number of amides is 1. The molecule has 1 aromatic rings. The van der Waals surface area contributed by atoms with Crippen LogP contribution in [0.4, 0.5) is 0 Å². The third-order valence-corrected chi connectivity index (χ3v) is 4.72. The van der Waals surface area contributed by atoms with Gasteiger partial charge in [0.1, 0.15) is 0 Å². The van der Waals surface area contributed by atoms with E-state index in [2.05, 4.69) is 11.0 Å². The lowest BCUT2D eigenvalue weighted by Crippen LogP contribution is -2.49. The van der Waals surface area contributed by atoms with Crippen molar-refractivity contribution in [1.29, 1.82) is 5.26 Å². The van der Waals surface area contributed by atoms with Gasteiger partial charge in [0.05, 0.1) is 18.1 Å². The van der Waals surface area contributed by atoms with Crippen molar-refractivity contribution in [2.75, 3.05) is 39.3 Å². The summed E-state index contributed by atoms with van der Waals surface area (Å²) in [5.41, 5.74) is 1.42. The maximum atomic E-state index is 12.5. The summed E-state index contributed by atoms with van der Waals surface area (Å²) in [5.74, 6) is 0.0528. The maximum Gasteiger partial charge on any atom is 0.253 e. The van der Waals surface area contributed by atoms with Gasteiger partial charge in [0.25, 0.3) is 5.91 Å². The SMILES string of the molecule is N#CC1(c2ccc(C(=O)N3CCN(CCO)CC3)cc2)CC1.